The number of likely N-dealkylation sites (tertiary alicyclic amines) is 3. The molecular formula is C49H92N6O4. The predicted molar refractivity (Wildman–Crippen MR) is 243 cm³/mol. The van der Waals surface area contributed by atoms with Crippen LogP contribution in [-0.2, 0) is 19.1 Å². The van der Waals surface area contributed by atoms with Gasteiger partial charge in [0.2, 0.25) is 17.7 Å². The molecule has 4 heterocycles. The van der Waals surface area contributed by atoms with Crippen LogP contribution in [0.4, 0.5) is 0 Å². The van der Waals surface area contributed by atoms with E-state index >= 15 is 0 Å². The van der Waals surface area contributed by atoms with Gasteiger partial charge in [-0.25, -0.2) is 0 Å². The maximum Gasteiger partial charge on any atom is 0.240 e. The summed E-state index contributed by atoms with van der Waals surface area (Å²) in [6.45, 7) is 16.9. The number of nitrogens with zero attached hydrogens (tertiary/aromatic N) is 3. The maximum absolute atomic E-state index is 12.8. The van der Waals surface area contributed by atoms with Gasteiger partial charge in [0.05, 0.1) is 24.2 Å². The Morgan fingerprint density at radius 1 is 0.441 bits per heavy atom. The number of likely N-dealkylation sites (N-methyl/N-ethyl adjacent to an activating group) is 3. The van der Waals surface area contributed by atoms with E-state index < -0.39 is 0 Å². The second-order valence-electron chi connectivity index (χ2n) is 21.2. The zero-order valence-corrected chi connectivity index (χ0v) is 39.7. The molecule has 4 atom stereocenters. The van der Waals surface area contributed by atoms with Crippen LogP contribution in [0.25, 0.3) is 0 Å². The molecule has 6 fully saturated rings. The molecule has 10 nitrogen and oxygen atoms in total. The highest BCUT2D eigenvalue weighted by Crippen LogP contribution is 2.34. The van der Waals surface area contributed by atoms with Gasteiger partial charge in [0.25, 0.3) is 0 Å². The molecule has 59 heavy (non-hydrogen) atoms. The minimum atomic E-state index is -0.0572. The van der Waals surface area contributed by atoms with E-state index in [2.05, 4.69) is 72.2 Å². The van der Waals surface area contributed by atoms with Crippen molar-refractivity contribution in [2.75, 3.05) is 47.4 Å². The van der Waals surface area contributed by atoms with E-state index in [-0.39, 0.29) is 46.8 Å². The SMILES string of the molecule is CNC1CCCC(C)(C)N(CC2CCCCC2)C1=O.CNC1CCCC(C)(C)N(CC2CCCCCC2)C1=O.CNC1CCCC(C)(C)N(CC2CCCCCO2)C1=O. The Kier molecular flexibility index (Phi) is 20.5. The van der Waals surface area contributed by atoms with Crippen LogP contribution in [0.15, 0.2) is 0 Å². The molecule has 2 saturated carbocycles. The van der Waals surface area contributed by atoms with Gasteiger partial charge in [-0.1, -0.05) is 57.8 Å². The lowest BCUT2D eigenvalue weighted by Gasteiger charge is -2.41. The molecule has 0 bridgehead atoms. The number of nitrogens with one attached hydrogen (secondary N) is 3. The van der Waals surface area contributed by atoms with Crippen molar-refractivity contribution in [3.63, 3.8) is 0 Å². The molecule has 4 aliphatic heterocycles. The summed E-state index contributed by atoms with van der Waals surface area (Å²) in [7, 11) is 5.73. The minimum absolute atomic E-state index is 0.0228. The first kappa shape index (κ1) is 49.9. The van der Waals surface area contributed by atoms with E-state index in [0.717, 1.165) is 109 Å². The van der Waals surface area contributed by atoms with Gasteiger partial charge in [-0.05, 0) is 171 Å². The van der Waals surface area contributed by atoms with Gasteiger partial charge in [-0.2, -0.15) is 0 Å². The summed E-state index contributed by atoms with van der Waals surface area (Å²) in [5, 5.41) is 9.61. The van der Waals surface area contributed by atoms with Gasteiger partial charge in [-0.15, -0.1) is 0 Å². The molecule has 0 radical (unpaired) electrons. The fourth-order valence-corrected chi connectivity index (χ4v) is 11.0. The summed E-state index contributed by atoms with van der Waals surface area (Å²) in [6, 6.07) is 0.0375. The highest BCUT2D eigenvalue weighted by atomic mass is 16.5. The molecular weight excluding hydrogens is 737 g/mol. The quantitative estimate of drug-likeness (QED) is 0.200. The van der Waals surface area contributed by atoms with Crippen molar-refractivity contribution in [1.29, 1.82) is 0 Å². The zero-order chi connectivity index (χ0) is 43.1. The maximum atomic E-state index is 12.8. The molecule has 4 unspecified atom stereocenters. The van der Waals surface area contributed by atoms with E-state index in [4.69, 9.17) is 4.74 Å². The molecule has 0 spiro atoms. The Labute approximate surface area is 362 Å². The first-order valence-corrected chi connectivity index (χ1v) is 24.7. The Morgan fingerprint density at radius 3 is 1.14 bits per heavy atom. The van der Waals surface area contributed by atoms with Crippen molar-refractivity contribution in [2.24, 2.45) is 11.8 Å². The van der Waals surface area contributed by atoms with E-state index in [1.807, 2.05) is 21.1 Å². The van der Waals surface area contributed by atoms with Crippen molar-refractivity contribution < 1.29 is 19.1 Å². The summed E-state index contributed by atoms with van der Waals surface area (Å²) >= 11 is 0. The van der Waals surface area contributed by atoms with Crippen molar-refractivity contribution in [3.05, 3.63) is 0 Å². The summed E-state index contributed by atoms with van der Waals surface area (Å²) in [4.78, 5) is 44.8. The van der Waals surface area contributed by atoms with Crippen LogP contribution in [0.2, 0.25) is 0 Å². The molecule has 0 aromatic carbocycles. The fourth-order valence-electron chi connectivity index (χ4n) is 11.0. The van der Waals surface area contributed by atoms with E-state index in [9.17, 15) is 14.4 Å². The predicted octanol–water partition coefficient (Wildman–Crippen LogP) is 8.61. The van der Waals surface area contributed by atoms with Crippen molar-refractivity contribution in [3.8, 4) is 0 Å². The van der Waals surface area contributed by atoms with Crippen molar-refractivity contribution in [2.45, 2.75) is 236 Å². The Bertz CT molecular complexity index is 1190. The molecule has 0 aromatic rings. The summed E-state index contributed by atoms with van der Waals surface area (Å²) < 4.78 is 5.94. The Hall–Kier alpha value is -1.75. The number of amides is 3. The van der Waals surface area contributed by atoms with Crippen LogP contribution in [0.3, 0.4) is 0 Å². The topological polar surface area (TPSA) is 106 Å². The average Bonchev–Trinajstić information content (AvgIpc) is 3.74. The van der Waals surface area contributed by atoms with Crippen LogP contribution in [0.1, 0.15) is 196 Å². The van der Waals surface area contributed by atoms with Gasteiger partial charge >= 0.3 is 0 Å². The summed E-state index contributed by atoms with van der Waals surface area (Å²) in [5.41, 5.74) is -0.00648. The van der Waals surface area contributed by atoms with Crippen LogP contribution >= 0.6 is 0 Å². The van der Waals surface area contributed by atoms with Gasteiger partial charge in [0.1, 0.15) is 0 Å². The van der Waals surface area contributed by atoms with Gasteiger partial charge in [0.15, 0.2) is 0 Å². The Morgan fingerprint density at radius 2 is 0.763 bits per heavy atom. The number of carbonyl (C=O) groups excluding carboxylic acids is 3. The standard InChI is InChI=1S/C17H32N2O.C16H30N2O2.C16H30N2O/c1-17(2)12-8-11-15(18-3)16(20)19(17)13-14-9-6-4-5-7-10-14;1-16(2)10-7-9-14(17-3)15(19)18(16)12-13-8-5-4-6-11-20-13;1-16(2)11-7-10-14(17-3)15(19)18(16)12-13-8-5-4-6-9-13/h14-15,18H,4-13H2,1-3H3;13-14,17H,4-12H2,1-3H3;13-14,17H,4-12H2,1-3H3. The van der Waals surface area contributed by atoms with Gasteiger partial charge in [0, 0.05) is 42.9 Å². The van der Waals surface area contributed by atoms with E-state index in [1.165, 1.54) is 83.5 Å². The minimum Gasteiger partial charge on any atom is -0.376 e. The molecule has 10 heteroatoms. The third-order valence-electron chi connectivity index (χ3n) is 15.3. The number of hydrogen-bond acceptors (Lipinski definition) is 7. The molecule has 3 N–H and O–H groups in total. The lowest BCUT2D eigenvalue weighted by atomic mass is 9.87. The third kappa shape index (κ3) is 14.9. The molecule has 4 saturated heterocycles. The lowest BCUT2D eigenvalue weighted by Crippen LogP contribution is -2.54. The Balaban J connectivity index is 0.000000196. The van der Waals surface area contributed by atoms with Gasteiger partial charge in [-0.3, -0.25) is 14.4 Å². The second-order valence-corrected chi connectivity index (χ2v) is 21.2. The van der Waals surface area contributed by atoms with Crippen molar-refractivity contribution in [1.82, 2.24) is 30.7 Å². The van der Waals surface area contributed by atoms with E-state index in [1.54, 1.807) is 0 Å². The number of ether oxygens (including phenoxy) is 1. The fraction of sp³-hybridized carbons (Fsp3) is 0.939. The molecule has 342 valence electrons. The molecule has 0 aromatic heterocycles. The number of rotatable bonds is 9. The van der Waals surface area contributed by atoms with Crippen LogP contribution in [-0.4, -0.2) is 121 Å². The molecule has 2 aliphatic carbocycles. The number of carbonyl (C=O) groups is 3. The third-order valence-corrected chi connectivity index (χ3v) is 15.3. The zero-order valence-electron chi connectivity index (χ0n) is 39.7. The van der Waals surface area contributed by atoms with Crippen LogP contribution in [0.5, 0.6) is 0 Å². The molecule has 3 amide bonds. The smallest absolute Gasteiger partial charge is 0.240 e. The van der Waals surface area contributed by atoms with E-state index in [0.29, 0.717) is 11.8 Å². The van der Waals surface area contributed by atoms with Crippen molar-refractivity contribution >= 4 is 17.7 Å². The average molecular weight is 829 g/mol. The normalized spacial score (nSPS) is 30.1. The second kappa shape index (κ2) is 24.2. The largest absolute Gasteiger partial charge is 0.376 e. The number of hydrogen-bond donors (Lipinski definition) is 3. The summed E-state index contributed by atoms with van der Waals surface area (Å²) in [6.07, 6.45) is 29.4. The lowest BCUT2D eigenvalue weighted by molar-refractivity contribution is -0.141. The van der Waals surface area contributed by atoms with Gasteiger partial charge < -0.3 is 35.4 Å². The highest BCUT2D eigenvalue weighted by Gasteiger charge is 2.41. The first-order chi connectivity index (χ1) is 28.1. The van der Waals surface area contributed by atoms with Crippen LogP contribution < -0.4 is 16.0 Å². The highest BCUT2D eigenvalue weighted by molar-refractivity contribution is 5.84. The molecule has 6 rings (SSSR count). The summed E-state index contributed by atoms with van der Waals surface area (Å²) in [5.74, 6) is 2.36. The van der Waals surface area contributed by atoms with Crippen LogP contribution in [0, 0.1) is 11.8 Å². The first-order valence-electron chi connectivity index (χ1n) is 24.7. The monoisotopic (exact) mass is 829 g/mol. The molecule has 6 aliphatic rings.